The van der Waals surface area contributed by atoms with E-state index in [9.17, 15) is 23.1 Å². The van der Waals surface area contributed by atoms with Crippen molar-refractivity contribution in [3.05, 3.63) is 16.5 Å². The second-order valence-corrected chi connectivity index (χ2v) is 9.92. The molecule has 1 aromatic heterocycles. The monoisotopic (exact) mass is 392 g/mol. The molecule has 1 saturated heterocycles. The third-order valence-electron chi connectivity index (χ3n) is 4.88. The minimum atomic E-state index is -3.79. The van der Waals surface area contributed by atoms with Crippen LogP contribution in [0.2, 0.25) is 4.34 Å². The second kappa shape index (κ2) is 6.29. The maximum absolute atomic E-state index is 12.3. The maximum Gasteiger partial charge on any atom is 0.311 e. The normalized spacial score (nSPS) is 26.5. The molecule has 0 aromatic carbocycles. The fraction of sp³-hybridized carbons (Fsp3) is 0.571. The van der Waals surface area contributed by atoms with Crippen LogP contribution in [0.5, 0.6) is 0 Å². The lowest BCUT2D eigenvalue weighted by molar-refractivity contribution is -0.149. The van der Waals surface area contributed by atoms with Gasteiger partial charge in [0.15, 0.2) is 0 Å². The minimum absolute atomic E-state index is 0.0422. The first kappa shape index (κ1) is 17.7. The van der Waals surface area contributed by atoms with Gasteiger partial charge in [0.25, 0.3) is 10.0 Å². The van der Waals surface area contributed by atoms with Crippen LogP contribution >= 0.6 is 22.9 Å². The molecule has 2 aliphatic rings. The van der Waals surface area contributed by atoms with Gasteiger partial charge in [0.1, 0.15) is 4.21 Å². The topological polar surface area (TPSA) is 104 Å². The van der Waals surface area contributed by atoms with Crippen LogP contribution in [0.1, 0.15) is 19.3 Å². The Labute approximate surface area is 148 Å². The van der Waals surface area contributed by atoms with Crippen LogP contribution in [-0.2, 0) is 19.6 Å². The predicted octanol–water partition coefficient (Wildman–Crippen LogP) is 1.39. The Morgan fingerprint density at radius 3 is 2.79 bits per heavy atom. The summed E-state index contributed by atoms with van der Waals surface area (Å²) < 4.78 is 26.9. The third-order valence-corrected chi connectivity index (χ3v) is 8.00. The van der Waals surface area contributed by atoms with Crippen LogP contribution < -0.4 is 4.72 Å². The third kappa shape index (κ3) is 3.05. The number of carboxylic acids is 1. The lowest BCUT2D eigenvalue weighted by Crippen LogP contribution is -2.41. The predicted molar refractivity (Wildman–Crippen MR) is 88.5 cm³/mol. The average Bonchev–Trinajstić information content (AvgIpc) is 3.18. The van der Waals surface area contributed by atoms with Crippen molar-refractivity contribution in [2.75, 3.05) is 19.6 Å². The molecule has 3 rings (SSSR count). The number of carbonyl (C=O) groups excluding carboxylic acids is 1. The molecule has 0 radical (unpaired) electrons. The molecule has 1 saturated carbocycles. The van der Waals surface area contributed by atoms with Crippen molar-refractivity contribution >= 4 is 44.8 Å². The first-order chi connectivity index (χ1) is 11.2. The van der Waals surface area contributed by atoms with Crippen LogP contribution in [0.15, 0.2) is 16.3 Å². The summed E-state index contributed by atoms with van der Waals surface area (Å²) in [5.41, 5.74) is -0.865. The lowest BCUT2D eigenvalue weighted by Gasteiger charge is -2.23. The van der Waals surface area contributed by atoms with Crippen molar-refractivity contribution in [2.24, 2.45) is 11.3 Å². The highest BCUT2D eigenvalue weighted by Gasteiger charge is 2.55. The summed E-state index contributed by atoms with van der Waals surface area (Å²) in [6, 6.07) is 2.85. The van der Waals surface area contributed by atoms with Gasteiger partial charge in [-0.2, -0.15) is 0 Å². The van der Waals surface area contributed by atoms with Gasteiger partial charge in [-0.15, -0.1) is 11.3 Å². The van der Waals surface area contributed by atoms with Crippen LogP contribution in [0.3, 0.4) is 0 Å². The SMILES string of the molecule is O=C(CNS(=O)(=O)c1ccc(Cl)s1)N1C[C@@H]2CCC[C@@]2(C(=O)O)C1. The van der Waals surface area contributed by atoms with Crippen molar-refractivity contribution in [1.82, 2.24) is 9.62 Å². The van der Waals surface area contributed by atoms with Gasteiger partial charge in [0, 0.05) is 13.1 Å². The van der Waals surface area contributed by atoms with Crippen molar-refractivity contribution in [2.45, 2.75) is 23.5 Å². The standard InChI is InChI=1S/C14H17ClN2O5S2/c15-10-3-4-12(23-10)24(21,22)16-6-11(18)17-7-9-2-1-5-14(9,8-17)13(19)20/h3-4,9,16H,1-2,5-8H2,(H,19,20)/t9-,14+/m0/s1. The van der Waals surface area contributed by atoms with Crippen molar-refractivity contribution < 1.29 is 23.1 Å². The average molecular weight is 393 g/mol. The van der Waals surface area contributed by atoms with Gasteiger partial charge in [-0.05, 0) is 30.9 Å². The summed E-state index contributed by atoms with van der Waals surface area (Å²) in [4.78, 5) is 25.4. The molecule has 2 fully saturated rings. The molecule has 10 heteroatoms. The minimum Gasteiger partial charge on any atom is -0.481 e. The molecule has 0 bridgehead atoms. The fourth-order valence-corrected chi connectivity index (χ4v) is 6.11. The number of likely N-dealkylation sites (tertiary alicyclic amines) is 1. The summed E-state index contributed by atoms with van der Waals surface area (Å²) in [7, 11) is -3.79. The number of hydrogen-bond acceptors (Lipinski definition) is 5. The van der Waals surface area contributed by atoms with Crippen LogP contribution in [-0.4, -0.2) is 49.9 Å². The summed E-state index contributed by atoms with van der Waals surface area (Å²) in [5.74, 6) is -1.32. The van der Waals surface area contributed by atoms with E-state index in [1.165, 1.54) is 17.0 Å². The Morgan fingerprint density at radius 1 is 1.46 bits per heavy atom. The molecule has 1 aliphatic heterocycles. The van der Waals surface area contributed by atoms with E-state index in [1.54, 1.807) is 0 Å². The number of rotatable bonds is 5. The highest BCUT2D eigenvalue weighted by atomic mass is 35.5. The van der Waals surface area contributed by atoms with E-state index in [0.29, 0.717) is 17.3 Å². The number of amides is 1. The van der Waals surface area contributed by atoms with E-state index < -0.39 is 27.3 Å². The number of hydrogen-bond donors (Lipinski definition) is 2. The number of carboxylic acid groups (broad SMARTS) is 1. The summed E-state index contributed by atoms with van der Waals surface area (Å²) >= 11 is 6.64. The van der Waals surface area contributed by atoms with Gasteiger partial charge < -0.3 is 10.0 Å². The zero-order valence-corrected chi connectivity index (χ0v) is 15.1. The molecule has 1 aliphatic carbocycles. The molecule has 0 unspecified atom stereocenters. The number of aliphatic carboxylic acids is 1. The van der Waals surface area contributed by atoms with E-state index in [1.807, 2.05) is 0 Å². The van der Waals surface area contributed by atoms with E-state index in [0.717, 1.165) is 24.2 Å². The summed E-state index contributed by atoms with van der Waals surface area (Å²) in [6.07, 6.45) is 2.20. The van der Waals surface area contributed by atoms with Crippen LogP contribution in [0.25, 0.3) is 0 Å². The zero-order chi connectivity index (χ0) is 17.5. The molecule has 1 amide bonds. The number of carbonyl (C=O) groups is 2. The molecule has 1 aromatic rings. The Hall–Kier alpha value is -1.16. The van der Waals surface area contributed by atoms with Gasteiger partial charge >= 0.3 is 5.97 Å². The molecule has 24 heavy (non-hydrogen) atoms. The fourth-order valence-electron chi connectivity index (χ4n) is 3.61. The Kier molecular flexibility index (Phi) is 4.63. The molecule has 132 valence electrons. The van der Waals surface area contributed by atoms with E-state index in [-0.39, 0.29) is 23.2 Å². The quantitative estimate of drug-likeness (QED) is 0.788. The molecule has 2 N–H and O–H groups in total. The van der Waals surface area contributed by atoms with Crippen molar-refractivity contribution in [3.8, 4) is 0 Å². The first-order valence-corrected chi connectivity index (χ1v) is 10.2. The molecule has 0 spiro atoms. The number of sulfonamides is 1. The Morgan fingerprint density at radius 2 is 2.21 bits per heavy atom. The highest BCUT2D eigenvalue weighted by molar-refractivity contribution is 7.91. The lowest BCUT2D eigenvalue weighted by atomic mass is 9.81. The smallest absolute Gasteiger partial charge is 0.311 e. The van der Waals surface area contributed by atoms with E-state index in [2.05, 4.69) is 4.72 Å². The van der Waals surface area contributed by atoms with Crippen molar-refractivity contribution in [3.63, 3.8) is 0 Å². The van der Waals surface area contributed by atoms with Gasteiger partial charge in [0.05, 0.1) is 16.3 Å². The Bertz CT molecular complexity index is 778. The largest absolute Gasteiger partial charge is 0.481 e. The first-order valence-electron chi connectivity index (χ1n) is 7.51. The number of fused-ring (bicyclic) bond motifs is 1. The molecular weight excluding hydrogens is 376 g/mol. The second-order valence-electron chi connectivity index (χ2n) is 6.21. The summed E-state index contributed by atoms with van der Waals surface area (Å²) in [5, 5.41) is 9.52. The number of nitrogens with one attached hydrogen (secondary N) is 1. The van der Waals surface area contributed by atoms with Gasteiger partial charge in [-0.25, -0.2) is 13.1 Å². The number of thiophene rings is 1. The maximum atomic E-state index is 12.3. The number of halogens is 1. The van der Waals surface area contributed by atoms with Crippen LogP contribution in [0.4, 0.5) is 0 Å². The van der Waals surface area contributed by atoms with Gasteiger partial charge in [0.2, 0.25) is 5.91 Å². The van der Waals surface area contributed by atoms with E-state index >= 15 is 0 Å². The Balaban J connectivity index is 1.63. The van der Waals surface area contributed by atoms with Gasteiger partial charge in [-0.1, -0.05) is 18.0 Å². The van der Waals surface area contributed by atoms with E-state index in [4.69, 9.17) is 11.6 Å². The summed E-state index contributed by atoms with van der Waals surface area (Å²) in [6.45, 7) is 0.135. The molecule has 2 heterocycles. The van der Waals surface area contributed by atoms with Crippen molar-refractivity contribution in [1.29, 1.82) is 0 Å². The highest BCUT2D eigenvalue weighted by Crippen LogP contribution is 2.48. The number of nitrogens with zero attached hydrogens (tertiary/aromatic N) is 1. The van der Waals surface area contributed by atoms with Gasteiger partial charge in [-0.3, -0.25) is 9.59 Å². The molecule has 7 nitrogen and oxygen atoms in total. The van der Waals surface area contributed by atoms with Crippen LogP contribution in [0, 0.1) is 11.3 Å². The zero-order valence-electron chi connectivity index (χ0n) is 12.7. The molecular formula is C14H17ClN2O5S2. The molecule has 2 atom stereocenters.